The van der Waals surface area contributed by atoms with Crippen molar-refractivity contribution in [1.29, 1.82) is 0 Å². The van der Waals surface area contributed by atoms with Gasteiger partial charge < -0.3 is 14.6 Å². The number of aliphatic hydroxyl groups excluding tert-OH is 1. The summed E-state index contributed by atoms with van der Waals surface area (Å²) in [7, 11) is 0. The first-order valence-corrected chi connectivity index (χ1v) is 8.25. The Morgan fingerprint density at radius 2 is 2.32 bits per heavy atom. The molecule has 1 N–H and O–H groups in total. The predicted octanol–water partition coefficient (Wildman–Crippen LogP) is 0.299. The Morgan fingerprint density at radius 1 is 1.36 bits per heavy atom. The monoisotopic (exact) mass is 310 g/mol. The molecule has 0 saturated carbocycles. The quantitative estimate of drug-likeness (QED) is 0.744. The Labute approximate surface area is 131 Å². The second-order valence-corrected chi connectivity index (χ2v) is 6.23. The molecule has 3 heterocycles. The van der Waals surface area contributed by atoms with E-state index in [0.29, 0.717) is 25.8 Å². The van der Waals surface area contributed by atoms with Crippen LogP contribution in [-0.4, -0.2) is 75.9 Å². The Bertz CT molecular complexity index is 422. The van der Waals surface area contributed by atoms with E-state index in [1.165, 1.54) is 6.42 Å². The minimum absolute atomic E-state index is 0.221. The van der Waals surface area contributed by atoms with Gasteiger partial charge in [-0.25, -0.2) is 4.98 Å². The van der Waals surface area contributed by atoms with Crippen molar-refractivity contribution in [1.82, 2.24) is 19.7 Å². The fourth-order valence-corrected chi connectivity index (χ4v) is 3.32. The first-order chi connectivity index (χ1) is 10.8. The predicted molar refractivity (Wildman–Crippen MR) is 80.4 cm³/mol. The molecule has 2 fully saturated rings. The van der Waals surface area contributed by atoms with Gasteiger partial charge in [0.05, 0.1) is 32.0 Å². The van der Waals surface area contributed by atoms with Crippen LogP contribution in [0.4, 0.5) is 0 Å². The molecule has 1 aromatic heterocycles. The summed E-state index contributed by atoms with van der Waals surface area (Å²) in [5, 5.41) is 14.3. The van der Waals surface area contributed by atoms with Crippen LogP contribution in [0.5, 0.6) is 0 Å². The molecule has 3 atom stereocenters. The highest BCUT2D eigenvalue weighted by Gasteiger charge is 2.27. The first kappa shape index (κ1) is 15.9. The third-order valence-corrected chi connectivity index (χ3v) is 4.45. The number of nitrogens with zero attached hydrogens (tertiary/aromatic N) is 4. The lowest BCUT2D eigenvalue weighted by Gasteiger charge is -2.26. The van der Waals surface area contributed by atoms with E-state index < -0.39 is 6.10 Å². The van der Waals surface area contributed by atoms with Crippen molar-refractivity contribution in [2.24, 2.45) is 0 Å². The number of hydrogen-bond acceptors (Lipinski definition) is 6. The molecule has 0 amide bonds. The van der Waals surface area contributed by atoms with Gasteiger partial charge in [-0.3, -0.25) is 9.58 Å². The number of rotatable bonds is 8. The summed E-state index contributed by atoms with van der Waals surface area (Å²) >= 11 is 0. The smallest absolute Gasteiger partial charge is 0.137 e. The molecule has 0 radical (unpaired) electrons. The molecule has 0 unspecified atom stereocenters. The number of likely N-dealkylation sites (tertiary alicyclic amines) is 1. The van der Waals surface area contributed by atoms with Crippen LogP contribution in [0.15, 0.2) is 12.7 Å². The van der Waals surface area contributed by atoms with Crippen LogP contribution in [0.1, 0.15) is 25.7 Å². The van der Waals surface area contributed by atoms with Gasteiger partial charge in [0.15, 0.2) is 0 Å². The maximum Gasteiger partial charge on any atom is 0.137 e. The molecule has 2 aliphatic heterocycles. The first-order valence-electron chi connectivity index (χ1n) is 8.25. The maximum atomic E-state index is 10.2. The van der Waals surface area contributed by atoms with E-state index in [9.17, 15) is 5.11 Å². The van der Waals surface area contributed by atoms with Crippen LogP contribution in [0.3, 0.4) is 0 Å². The molecule has 22 heavy (non-hydrogen) atoms. The fourth-order valence-electron chi connectivity index (χ4n) is 3.32. The second-order valence-electron chi connectivity index (χ2n) is 6.23. The topological polar surface area (TPSA) is 72.6 Å². The molecule has 2 saturated heterocycles. The maximum absolute atomic E-state index is 10.2. The number of aliphatic hydroxyl groups is 1. The highest BCUT2D eigenvalue weighted by atomic mass is 16.5. The summed E-state index contributed by atoms with van der Waals surface area (Å²) in [5.74, 6) is 0. The van der Waals surface area contributed by atoms with Gasteiger partial charge in [0, 0.05) is 19.2 Å². The Morgan fingerprint density at radius 3 is 3.09 bits per heavy atom. The minimum atomic E-state index is -0.447. The van der Waals surface area contributed by atoms with Crippen molar-refractivity contribution in [2.75, 3.05) is 32.9 Å². The Kier molecular flexibility index (Phi) is 5.77. The summed E-state index contributed by atoms with van der Waals surface area (Å²) in [5.41, 5.74) is 0. The van der Waals surface area contributed by atoms with Gasteiger partial charge in [0.1, 0.15) is 12.7 Å². The normalized spacial score (nSPS) is 27.5. The zero-order valence-corrected chi connectivity index (χ0v) is 13.0. The van der Waals surface area contributed by atoms with Crippen molar-refractivity contribution in [2.45, 2.75) is 50.5 Å². The second kappa shape index (κ2) is 8.01. The summed E-state index contributed by atoms with van der Waals surface area (Å²) in [6.45, 7) is 4.34. The van der Waals surface area contributed by atoms with Crippen LogP contribution < -0.4 is 0 Å². The molecule has 2 aliphatic rings. The third kappa shape index (κ3) is 4.49. The van der Waals surface area contributed by atoms with Crippen LogP contribution in [-0.2, 0) is 16.0 Å². The van der Waals surface area contributed by atoms with Crippen molar-refractivity contribution < 1.29 is 14.6 Å². The lowest BCUT2D eigenvalue weighted by molar-refractivity contribution is -0.0265. The largest absolute Gasteiger partial charge is 0.389 e. The molecule has 0 spiro atoms. The van der Waals surface area contributed by atoms with Gasteiger partial charge in [-0.15, -0.1) is 0 Å². The molecule has 0 aliphatic carbocycles. The SMILES string of the molecule is O[C@H](COC[C@@H]1CCCO1)CN1CCC[C@@H]1Cn1cncn1. The van der Waals surface area contributed by atoms with Gasteiger partial charge >= 0.3 is 0 Å². The zero-order valence-electron chi connectivity index (χ0n) is 13.0. The van der Waals surface area contributed by atoms with E-state index in [-0.39, 0.29) is 6.10 Å². The summed E-state index contributed by atoms with van der Waals surface area (Å²) < 4.78 is 13.0. The molecule has 124 valence electrons. The summed E-state index contributed by atoms with van der Waals surface area (Å²) in [6.07, 6.45) is 7.59. The van der Waals surface area contributed by atoms with Crippen molar-refractivity contribution in [3.63, 3.8) is 0 Å². The lowest BCUT2D eigenvalue weighted by Crippen LogP contribution is -2.40. The van der Waals surface area contributed by atoms with E-state index in [1.807, 2.05) is 4.68 Å². The van der Waals surface area contributed by atoms with Crippen LogP contribution in [0, 0.1) is 0 Å². The van der Waals surface area contributed by atoms with Crippen molar-refractivity contribution in [3.05, 3.63) is 12.7 Å². The van der Waals surface area contributed by atoms with Gasteiger partial charge in [-0.05, 0) is 32.2 Å². The molecule has 0 aromatic carbocycles. The van der Waals surface area contributed by atoms with E-state index in [1.54, 1.807) is 12.7 Å². The third-order valence-electron chi connectivity index (χ3n) is 4.45. The van der Waals surface area contributed by atoms with E-state index in [0.717, 1.165) is 39.0 Å². The minimum Gasteiger partial charge on any atom is -0.389 e. The fraction of sp³-hybridized carbons (Fsp3) is 0.867. The summed E-state index contributed by atoms with van der Waals surface area (Å²) in [4.78, 5) is 6.32. The van der Waals surface area contributed by atoms with Crippen LogP contribution >= 0.6 is 0 Å². The lowest BCUT2D eigenvalue weighted by atomic mass is 10.2. The molecule has 3 rings (SSSR count). The number of β-amino-alcohol motifs (C(OH)–C–C–N with tert-alkyl or cyclic N) is 1. The van der Waals surface area contributed by atoms with Crippen LogP contribution in [0.2, 0.25) is 0 Å². The number of ether oxygens (including phenoxy) is 2. The van der Waals surface area contributed by atoms with Gasteiger partial charge in [0.25, 0.3) is 0 Å². The van der Waals surface area contributed by atoms with Gasteiger partial charge in [0.2, 0.25) is 0 Å². The molecular weight excluding hydrogens is 284 g/mol. The standard InChI is InChI=1S/C15H26N4O3/c20-14(9-21-10-15-4-2-6-22-15)8-18-5-1-3-13(18)7-19-12-16-11-17-19/h11-15,20H,1-10H2/t13-,14+,15+/m1/s1. The Balaban J connectivity index is 1.37. The molecule has 1 aromatic rings. The van der Waals surface area contributed by atoms with E-state index >= 15 is 0 Å². The summed E-state index contributed by atoms with van der Waals surface area (Å²) in [6, 6.07) is 0.425. The molecule has 0 bridgehead atoms. The zero-order chi connectivity index (χ0) is 15.2. The van der Waals surface area contributed by atoms with Crippen molar-refractivity contribution >= 4 is 0 Å². The highest BCUT2D eigenvalue weighted by Crippen LogP contribution is 2.19. The van der Waals surface area contributed by atoms with Gasteiger partial charge in [-0.2, -0.15) is 5.10 Å². The molecule has 7 heteroatoms. The highest BCUT2D eigenvalue weighted by molar-refractivity contribution is 4.81. The van der Waals surface area contributed by atoms with Crippen molar-refractivity contribution in [3.8, 4) is 0 Å². The molecular formula is C15H26N4O3. The van der Waals surface area contributed by atoms with Gasteiger partial charge in [-0.1, -0.05) is 0 Å². The molecule has 7 nitrogen and oxygen atoms in total. The van der Waals surface area contributed by atoms with Crippen LogP contribution in [0.25, 0.3) is 0 Å². The number of hydrogen-bond donors (Lipinski definition) is 1. The average molecular weight is 310 g/mol. The number of aromatic nitrogens is 3. The van der Waals surface area contributed by atoms with E-state index in [4.69, 9.17) is 9.47 Å². The average Bonchev–Trinajstić information content (AvgIpc) is 3.23. The van der Waals surface area contributed by atoms with E-state index in [2.05, 4.69) is 15.0 Å². The Hall–Kier alpha value is -1.02.